The molecule has 1 fully saturated rings. The smallest absolute Gasteiger partial charge is 0.119 e. The van der Waals surface area contributed by atoms with Gasteiger partial charge in [-0.1, -0.05) is 12.1 Å². The standard InChI is InChI=1S/C14H21NO2/c1-16-10-13-7-12(9-15-13)6-11-4-3-5-14(8-11)17-2/h3-5,8,12-13,15H,6-7,9-10H2,1-2H3. The molecule has 1 aromatic rings. The Morgan fingerprint density at radius 2 is 2.24 bits per heavy atom. The lowest BCUT2D eigenvalue weighted by molar-refractivity contribution is 0.172. The van der Waals surface area contributed by atoms with E-state index in [2.05, 4.69) is 23.5 Å². The summed E-state index contributed by atoms with van der Waals surface area (Å²) >= 11 is 0. The fraction of sp³-hybridized carbons (Fsp3) is 0.571. The average molecular weight is 235 g/mol. The first-order valence-electron chi connectivity index (χ1n) is 6.17. The van der Waals surface area contributed by atoms with Crippen LogP contribution >= 0.6 is 0 Å². The number of hydrogen-bond acceptors (Lipinski definition) is 3. The molecule has 0 bridgehead atoms. The van der Waals surface area contributed by atoms with Crippen LogP contribution in [0.2, 0.25) is 0 Å². The second-order valence-corrected chi connectivity index (χ2v) is 4.72. The molecule has 1 heterocycles. The summed E-state index contributed by atoms with van der Waals surface area (Å²) in [6.45, 7) is 1.90. The number of hydrogen-bond donors (Lipinski definition) is 1. The Kier molecular flexibility index (Phi) is 4.40. The minimum atomic E-state index is 0.524. The number of ether oxygens (including phenoxy) is 2. The van der Waals surface area contributed by atoms with Gasteiger partial charge in [-0.3, -0.25) is 0 Å². The molecule has 3 nitrogen and oxygen atoms in total. The Labute approximate surface area is 103 Å². The normalized spacial score (nSPS) is 23.9. The molecule has 94 valence electrons. The second kappa shape index (κ2) is 6.03. The lowest BCUT2D eigenvalue weighted by atomic mass is 9.97. The predicted molar refractivity (Wildman–Crippen MR) is 68.5 cm³/mol. The Balaban J connectivity index is 1.88. The summed E-state index contributed by atoms with van der Waals surface area (Å²) in [5, 5.41) is 3.50. The highest BCUT2D eigenvalue weighted by Crippen LogP contribution is 2.21. The van der Waals surface area contributed by atoms with Gasteiger partial charge in [0.1, 0.15) is 5.75 Å². The summed E-state index contributed by atoms with van der Waals surface area (Å²) in [4.78, 5) is 0. The van der Waals surface area contributed by atoms with Crippen LogP contribution in [-0.4, -0.2) is 33.4 Å². The zero-order valence-corrected chi connectivity index (χ0v) is 10.6. The minimum Gasteiger partial charge on any atom is -0.497 e. The van der Waals surface area contributed by atoms with Gasteiger partial charge >= 0.3 is 0 Å². The molecule has 0 amide bonds. The Morgan fingerprint density at radius 1 is 1.35 bits per heavy atom. The van der Waals surface area contributed by atoms with Crippen molar-refractivity contribution in [2.75, 3.05) is 27.4 Å². The van der Waals surface area contributed by atoms with Gasteiger partial charge in [-0.2, -0.15) is 0 Å². The zero-order valence-electron chi connectivity index (χ0n) is 10.6. The van der Waals surface area contributed by atoms with Crippen LogP contribution in [0, 0.1) is 5.92 Å². The summed E-state index contributed by atoms with van der Waals surface area (Å²) in [5.41, 5.74) is 1.36. The first-order chi connectivity index (χ1) is 8.31. The van der Waals surface area contributed by atoms with Gasteiger partial charge in [0.15, 0.2) is 0 Å². The fourth-order valence-electron chi connectivity index (χ4n) is 2.52. The van der Waals surface area contributed by atoms with E-state index >= 15 is 0 Å². The van der Waals surface area contributed by atoms with Crippen LogP contribution in [0.1, 0.15) is 12.0 Å². The Bertz CT molecular complexity index is 354. The molecular weight excluding hydrogens is 214 g/mol. The van der Waals surface area contributed by atoms with Crippen molar-refractivity contribution in [3.05, 3.63) is 29.8 Å². The van der Waals surface area contributed by atoms with Crippen molar-refractivity contribution in [3.63, 3.8) is 0 Å². The van der Waals surface area contributed by atoms with Crippen LogP contribution < -0.4 is 10.1 Å². The SMILES string of the molecule is COCC1CC(Cc2cccc(OC)c2)CN1. The lowest BCUT2D eigenvalue weighted by Gasteiger charge is -2.10. The second-order valence-electron chi connectivity index (χ2n) is 4.72. The molecule has 1 aliphatic heterocycles. The highest BCUT2D eigenvalue weighted by molar-refractivity contribution is 5.28. The first kappa shape index (κ1) is 12.4. The van der Waals surface area contributed by atoms with Gasteiger partial charge in [0.05, 0.1) is 13.7 Å². The van der Waals surface area contributed by atoms with Crippen molar-refractivity contribution in [1.82, 2.24) is 5.32 Å². The molecule has 2 rings (SSSR count). The molecule has 17 heavy (non-hydrogen) atoms. The van der Waals surface area contributed by atoms with E-state index in [0.717, 1.165) is 25.3 Å². The molecule has 0 aliphatic carbocycles. The molecule has 1 N–H and O–H groups in total. The number of methoxy groups -OCH3 is 2. The van der Waals surface area contributed by atoms with Gasteiger partial charge in [0.2, 0.25) is 0 Å². The van der Waals surface area contributed by atoms with Crippen LogP contribution in [0.15, 0.2) is 24.3 Å². The molecule has 1 aromatic carbocycles. The van der Waals surface area contributed by atoms with E-state index < -0.39 is 0 Å². The topological polar surface area (TPSA) is 30.5 Å². The van der Waals surface area contributed by atoms with Crippen molar-refractivity contribution in [3.8, 4) is 5.75 Å². The number of nitrogens with one attached hydrogen (secondary N) is 1. The Hall–Kier alpha value is -1.06. The van der Waals surface area contributed by atoms with E-state index in [1.54, 1.807) is 14.2 Å². The van der Waals surface area contributed by atoms with Crippen LogP contribution in [0.5, 0.6) is 5.75 Å². The summed E-state index contributed by atoms with van der Waals surface area (Å²) in [5.74, 6) is 1.66. The van der Waals surface area contributed by atoms with E-state index in [-0.39, 0.29) is 0 Å². The molecule has 0 spiro atoms. The molecule has 1 saturated heterocycles. The van der Waals surface area contributed by atoms with Crippen LogP contribution in [0.3, 0.4) is 0 Å². The van der Waals surface area contributed by atoms with Crippen molar-refractivity contribution in [1.29, 1.82) is 0 Å². The van der Waals surface area contributed by atoms with Gasteiger partial charge in [0.25, 0.3) is 0 Å². The number of rotatable bonds is 5. The quantitative estimate of drug-likeness (QED) is 0.845. The third-order valence-electron chi connectivity index (χ3n) is 3.34. The molecule has 0 aromatic heterocycles. The minimum absolute atomic E-state index is 0.524. The van der Waals surface area contributed by atoms with E-state index in [1.165, 1.54) is 12.0 Å². The maximum Gasteiger partial charge on any atom is 0.119 e. The van der Waals surface area contributed by atoms with Gasteiger partial charge < -0.3 is 14.8 Å². The predicted octanol–water partition coefficient (Wildman–Crippen LogP) is 1.86. The highest BCUT2D eigenvalue weighted by atomic mass is 16.5. The molecule has 1 aliphatic rings. The third-order valence-corrected chi connectivity index (χ3v) is 3.34. The lowest BCUT2D eigenvalue weighted by Crippen LogP contribution is -2.25. The molecule has 2 atom stereocenters. The molecule has 0 saturated carbocycles. The maximum atomic E-state index is 5.24. The van der Waals surface area contributed by atoms with Gasteiger partial charge in [-0.15, -0.1) is 0 Å². The number of benzene rings is 1. The highest BCUT2D eigenvalue weighted by Gasteiger charge is 2.23. The van der Waals surface area contributed by atoms with Gasteiger partial charge in [-0.05, 0) is 43.0 Å². The molecule has 0 radical (unpaired) electrons. The summed E-state index contributed by atoms with van der Waals surface area (Å²) in [6, 6.07) is 8.87. The summed E-state index contributed by atoms with van der Waals surface area (Å²) in [6.07, 6.45) is 2.31. The van der Waals surface area contributed by atoms with Crippen molar-refractivity contribution >= 4 is 0 Å². The zero-order chi connectivity index (χ0) is 12.1. The largest absolute Gasteiger partial charge is 0.497 e. The monoisotopic (exact) mass is 235 g/mol. The van der Waals surface area contributed by atoms with Crippen LogP contribution in [-0.2, 0) is 11.2 Å². The fourth-order valence-corrected chi connectivity index (χ4v) is 2.52. The van der Waals surface area contributed by atoms with Crippen LogP contribution in [0.4, 0.5) is 0 Å². The molecular formula is C14H21NO2. The van der Waals surface area contributed by atoms with E-state index in [1.807, 2.05) is 6.07 Å². The first-order valence-corrected chi connectivity index (χ1v) is 6.17. The maximum absolute atomic E-state index is 5.24. The van der Waals surface area contributed by atoms with Crippen molar-refractivity contribution in [2.45, 2.75) is 18.9 Å². The van der Waals surface area contributed by atoms with E-state index in [0.29, 0.717) is 12.0 Å². The van der Waals surface area contributed by atoms with Gasteiger partial charge in [0, 0.05) is 13.2 Å². The summed E-state index contributed by atoms with van der Waals surface area (Å²) in [7, 11) is 3.47. The Morgan fingerprint density at radius 3 is 3.00 bits per heavy atom. The van der Waals surface area contributed by atoms with E-state index in [9.17, 15) is 0 Å². The van der Waals surface area contributed by atoms with Crippen molar-refractivity contribution in [2.24, 2.45) is 5.92 Å². The van der Waals surface area contributed by atoms with E-state index in [4.69, 9.17) is 9.47 Å². The van der Waals surface area contributed by atoms with Gasteiger partial charge in [-0.25, -0.2) is 0 Å². The molecule has 2 unspecified atom stereocenters. The van der Waals surface area contributed by atoms with Crippen molar-refractivity contribution < 1.29 is 9.47 Å². The molecule has 3 heteroatoms. The van der Waals surface area contributed by atoms with Crippen LogP contribution in [0.25, 0.3) is 0 Å². The summed E-state index contributed by atoms with van der Waals surface area (Å²) < 4.78 is 10.4. The average Bonchev–Trinajstić information content (AvgIpc) is 2.77. The third kappa shape index (κ3) is 3.45.